The Morgan fingerprint density at radius 2 is 1.44 bits per heavy atom. The van der Waals surface area contributed by atoms with Crippen LogP contribution < -0.4 is 15.4 Å². The third-order valence-corrected chi connectivity index (χ3v) is 7.14. The lowest BCUT2D eigenvalue weighted by Crippen LogP contribution is -2.42. The molecule has 5 rings (SSSR count). The fourth-order valence-corrected chi connectivity index (χ4v) is 5.09. The van der Waals surface area contributed by atoms with Gasteiger partial charge in [0.1, 0.15) is 17.5 Å². The lowest BCUT2D eigenvalue weighted by Gasteiger charge is -2.28. The minimum atomic E-state index is -0.985. The molecule has 8 nitrogen and oxygen atoms in total. The average Bonchev–Trinajstić information content (AvgIpc) is 3.22. The van der Waals surface area contributed by atoms with Gasteiger partial charge in [-0.1, -0.05) is 55.8 Å². The first-order valence-corrected chi connectivity index (χ1v) is 13.5. The Bertz CT molecular complexity index is 1550. The summed E-state index contributed by atoms with van der Waals surface area (Å²) in [5.74, 6) is 0.151. The molecule has 3 amide bonds. The molecule has 2 atom stereocenters. The van der Waals surface area contributed by atoms with Gasteiger partial charge in [0, 0.05) is 16.9 Å². The zero-order valence-electron chi connectivity index (χ0n) is 22.8. The molecule has 1 unspecified atom stereocenters. The first kappa shape index (κ1) is 27.5. The van der Waals surface area contributed by atoms with Crippen LogP contribution in [0.4, 0.5) is 16.2 Å². The molecule has 1 heterocycles. The number of ether oxygens (including phenoxy) is 1. The summed E-state index contributed by atoms with van der Waals surface area (Å²) >= 11 is 0. The highest BCUT2D eigenvalue weighted by Crippen LogP contribution is 2.38. The molecule has 0 saturated heterocycles. The number of carboxylic acids is 1. The third kappa shape index (κ3) is 6.06. The van der Waals surface area contributed by atoms with E-state index in [1.165, 1.54) is 4.90 Å². The van der Waals surface area contributed by atoms with Crippen molar-refractivity contribution in [2.24, 2.45) is 0 Å². The number of amides is 3. The van der Waals surface area contributed by atoms with Crippen LogP contribution >= 0.6 is 0 Å². The van der Waals surface area contributed by atoms with Crippen LogP contribution in [0.1, 0.15) is 48.7 Å². The maximum atomic E-state index is 13.2. The number of hydrogen-bond acceptors (Lipinski definition) is 4. The minimum Gasteiger partial charge on any atom is -0.480 e. The van der Waals surface area contributed by atoms with E-state index in [1.807, 2.05) is 74.5 Å². The van der Waals surface area contributed by atoms with Gasteiger partial charge in [-0.2, -0.15) is 0 Å². The number of carbonyl (C=O) groups is 3. The molecule has 0 radical (unpaired) electrons. The van der Waals surface area contributed by atoms with Crippen LogP contribution in [0, 0.1) is 0 Å². The fourth-order valence-electron chi connectivity index (χ4n) is 5.09. The van der Waals surface area contributed by atoms with Crippen LogP contribution in [0.25, 0.3) is 11.1 Å². The van der Waals surface area contributed by atoms with Crippen LogP contribution in [-0.4, -0.2) is 34.0 Å². The molecular formula is C33H31N3O5. The van der Waals surface area contributed by atoms with Gasteiger partial charge < -0.3 is 25.4 Å². The van der Waals surface area contributed by atoms with E-state index in [0.717, 1.165) is 22.4 Å². The summed E-state index contributed by atoms with van der Waals surface area (Å²) in [5, 5.41) is 15.3. The van der Waals surface area contributed by atoms with E-state index in [-0.39, 0.29) is 18.0 Å². The van der Waals surface area contributed by atoms with Gasteiger partial charge in [0.05, 0.1) is 6.04 Å². The monoisotopic (exact) mass is 549 g/mol. The molecule has 0 saturated carbocycles. The second-order valence-corrected chi connectivity index (χ2v) is 9.93. The Labute approximate surface area is 238 Å². The smallest absolute Gasteiger partial charge is 0.326 e. The summed E-state index contributed by atoms with van der Waals surface area (Å²) in [6, 6.07) is 28.0. The SMILES string of the molecule is CCCC(C(=O)O)N1C(=O)c2cc(-c3ccc(NC(=O)Nc4ccc(Oc5ccccc5)cc4)cc3)ccc2[C@@H]1C. The number of aliphatic carboxylic acids is 1. The van der Waals surface area contributed by atoms with Gasteiger partial charge >= 0.3 is 12.0 Å². The van der Waals surface area contributed by atoms with Crippen molar-refractivity contribution < 1.29 is 24.2 Å². The Balaban J connectivity index is 1.22. The van der Waals surface area contributed by atoms with Crippen molar-refractivity contribution in [1.29, 1.82) is 0 Å². The summed E-state index contributed by atoms with van der Waals surface area (Å²) in [6.45, 7) is 3.78. The number of rotatable bonds is 9. The molecule has 0 spiro atoms. The van der Waals surface area contributed by atoms with Gasteiger partial charge in [-0.15, -0.1) is 0 Å². The number of carbonyl (C=O) groups excluding carboxylic acids is 2. The van der Waals surface area contributed by atoms with Crippen molar-refractivity contribution in [3.8, 4) is 22.6 Å². The van der Waals surface area contributed by atoms with E-state index >= 15 is 0 Å². The van der Waals surface area contributed by atoms with Gasteiger partial charge in [-0.05, 0) is 84.6 Å². The zero-order chi connectivity index (χ0) is 28.9. The van der Waals surface area contributed by atoms with Crippen LogP contribution in [-0.2, 0) is 4.79 Å². The van der Waals surface area contributed by atoms with Gasteiger partial charge in [0.25, 0.3) is 5.91 Å². The van der Waals surface area contributed by atoms with Gasteiger partial charge in [0.2, 0.25) is 0 Å². The van der Waals surface area contributed by atoms with Crippen LogP contribution in [0.5, 0.6) is 11.5 Å². The highest BCUT2D eigenvalue weighted by Gasteiger charge is 2.40. The van der Waals surface area contributed by atoms with Crippen LogP contribution in [0.3, 0.4) is 0 Å². The third-order valence-electron chi connectivity index (χ3n) is 7.14. The van der Waals surface area contributed by atoms with Crippen LogP contribution in [0.2, 0.25) is 0 Å². The van der Waals surface area contributed by atoms with E-state index in [1.54, 1.807) is 36.4 Å². The number of fused-ring (bicyclic) bond motifs is 1. The Kier molecular flexibility index (Phi) is 8.01. The molecule has 208 valence electrons. The zero-order valence-corrected chi connectivity index (χ0v) is 22.8. The first-order valence-electron chi connectivity index (χ1n) is 13.5. The predicted molar refractivity (Wildman–Crippen MR) is 158 cm³/mol. The second kappa shape index (κ2) is 12.0. The highest BCUT2D eigenvalue weighted by molar-refractivity contribution is 6.02. The van der Waals surface area contributed by atoms with Crippen molar-refractivity contribution in [2.75, 3.05) is 10.6 Å². The van der Waals surface area contributed by atoms with E-state index in [2.05, 4.69) is 10.6 Å². The molecule has 0 aromatic heterocycles. The lowest BCUT2D eigenvalue weighted by molar-refractivity contribution is -0.143. The number of nitrogens with one attached hydrogen (secondary N) is 2. The predicted octanol–water partition coefficient (Wildman–Crippen LogP) is 7.56. The number of para-hydroxylation sites is 1. The fraction of sp³-hybridized carbons (Fsp3) is 0.182. The maximum absolute atomic E-state index is 13.2. The number of anilines is 2. The molecule has 41 heavy (non-hydrogen) atoms. The van der Waals surface area contributed by atoms with Crippen LogP contribution in [0.15, 0.2) is 97.1 Å². The Morgan fingerprint density at radius 3 is 2.05 bits per heavy atom. The molecule has 4 aromatic rings. The molecule has 3 N–H and O–H groups in total. The number of nitrogens with zero attached hydrogens (tertiary/aromatic N) is 1. The van der Waals surface area contributed by atoms with Crippen molar-refractivity contribution in [3.05, 3.63) is 108 Å². The summed E-state index contributed by atoms with van der Waals surface area (Å²) in [4.78, 5) is 39.1. The van der Waals surface area contributed by atoms with Crippen molar-refractivity contribution in [3.63, 3.8) is 0 Å². The standard InChI is InChI=1S/C33H31N3O5/c1-3-7-30(32(38)39)36-21(2)28-19-12-23(20-29(28)31(36)37)22-10-13-24(14-11-22)34-33(40)35-25-15-17-27(18-16-25)41-26-8-5-4-6-9-26/h4-6,8-21,30H,3,7H2,1-2H3,(H,38,39)(H2,34,35,40)/t21-,30?/m0/s1. The van der Waals surface area contributed by atoms with E-state index in [9.17, 15) is 19.5 Å². The summed E-state index contributed by atoms with van der Waals surface area (Å²) < 4.78 is 5.78. The number of hydrogen-bond donors (Lipinski definition) is 3. The average molecular weight is 550 g/mol. The lowest BCUT2D eigenvalue weighted by atomic mass is 9.98. The number of benzene rings is 4. The maximum Gasteiger partial charge on any atom is 0.326 e. The second-order valence-electron chi connectivity index (χ2n) is 9.93. The van der Waals surface area contributed by atoms with E-state index in [0.29, 0.717) is 35.5 Å². The molecule has 8 heteroatoms. The quantitative estimate of drug-likeness (QED) is 0.200. The highest BCUT2D eigenvalue weighted by atomic mass is 16.5. The van der Waals surface area contributed by atoms with Gasteiger partial charge in [-0.3, -0.25) is 4.79 Å². The summed E-state index contributed by atoms with van der Waals surface area (Å²) in [5.41, 5.74) is 4.29. The van der Waals surface area contributed by atoms with Gasteiger partial charge in [-0.25, -0.2) is 9.59 Å². The normalized spacial score (nSPS) is 14.7. The van der Waals surface area contributed by atoms with E-state index < -0.39 is 12.0 Å². The van der Waals surface area contributed by atoms with Crippen molar-refractivity contribution in [2.45, 2.75) is 38.8 Å². The first-order chi connectivity index (χ1) is 19.8. The Hall–Kier alpha value is -5.11. The molecule has 1 aliphatic rings. The molecule has 1 aliphatic heterocycles. The number of urea groups is 1. The summed E-state index contributed by atoms with van der Waals surface area (Å²) in [7, 11) is 0. The van der Waals surface area contributed by atoms with Crippen molar-refractivity contribution in [1.82, 2.24) is 4.90 Å². The number of carboxylic acid groups (broad SMARTS) is 1. The molecule has 0 bridgehead atoms. The molecular weight excluding hydrogens is 518 g/mol. The molecule has 0 aliphatic carbocycles. The molecule has 0 fully saturated rings. The summed E-state index contributed by atoms with van der Waals surface area (Å²) in [6.07, 6.45) is 1.08. The van der Waals surface area contributed by atoms with E-state index in [4.69, 9.17) is 4.74 Å². The minimum absolute atomic E-state index is 0.259. The topological polar surface area (TPSA) is 108 Å². The van der Waals surface area contributed by atoms with Crippen molar-refractivity contribution >= 4 is 29.3 Å². The Morgan fingerprint density at radius 1 is 0.854 bits per heavy atom. The largest absolute Gasteiger partial charge is 0.480 e. The molecule has 4 aromatic carbocycles. The van der Waals surface area contributed by atoms with Gasteiger partial charge in [0.15, 0.2) is 0 Å².